The summed E-state index contributed by atoms with van der Waals surface area (Å²) in [6.07, 6.45) is 5.38. The van der Waals surface area contributed by atoms with E-state index in [2.05, 4.69) is 43.0 Å². The highest BCUT2D eigenvalue weighted by atomic mass is 15.1. The van der Waals surface area contributed by atoms with Crippen LogP contribution in [0.3, 0.4) is 0 Å². The van der Waals surface area contributed by atoms with E-state index in [1.54, 1.807) is 0 Å². The largest absolute Gasteiger partial charge is 0.326 e. The molecule has 0 saturated carbocycles. The van der Waals surface area contributed by atoms with Crippen molar-refractivity contribution in [3.63, 3.8) is 0 Å². The molecule has 1 heterocycles. The molecule has 1 aliphatic rings. The Morgan fingerprint density at radius 3 is 2.32 bits per heavy atom. The van der Waals surface area contributed by atoms with Gasteiger partial charge in [-0.3, -0.25) is 4.90 Å². The van der Waals surface area contributed by atoms with Crippen molar-refractivity contribution in [1.82, 2.24) is 4.90 Å². The van der Waals surface area contributed by atoms with E-state index < -0.39 is 0 Å². The van der Waals surface area contributed by atoms with Gasteiger partial charge in [0.05, 0.1) is 0 Å². The molecule has 0 spiro atoms. The number of hydrogen-bond donors (Lipinski definition) is 1. The van der Waals surface area contributed by atoms with Gasteiger partial charge in [0.25, 0.3) is 0 Å². The molecule has 0 radical (unpaired) electrons. The fourth-order valence-corrected chi connectivity index (χ4v) is 3.26. The zero-order valence-corrected chi connectivity index (χ0v) is 12.5. The molecule has 2 N–H and O–H groups in total. The Morgan fingerprint density at radius 1 is 1.11 bits per heavy atom. The van der Waals surface area contributed by atoms with Gasteiger partial charge in [-0.25, -0.2) is 0 Å². The molecule has 1 fully saturated rings. The maximum absolute atomic E-state index is 5.71. The molecule has 1 aromatic rings. The first-order chi connectivity index (χ1) is 9.21. The van der Waals surface area contributed by atoms with Crippen LogP contribution in [0.15, 0.2) is 24.3 Å². The van der Waals surface area contributed by atoms with E-state index in [1.807, 2.05) is 0 Å². The number of hydrogen-bond acceptors (Lipinski definition) is 2. The zero-order chi connectivity index (χ0) is 13.7. The van der Waals surface area contributed by atoms with Crippen LogP contribution in [0.5, 0.6) is 0 Å². The molecule has 2 rings (SSSR count). The Kier molecular flexibility index (Phi) is 5.00. The minimum atomic E-state index is 0.621. The molecule has 0 atom stereocenters. The van der Waals surface area contributed by atoms with Crippen molar-refractivity contribution in [2.24, 2.45) is 11.1 Å². The number of nitrogens with two attached hydrogens (primary N) is 1. The first-order valence-corrected chi connectivity index (χ1v) is 7.71. The summed E-state index contributed by atoms with van der Waals surface area (Å²) in [5, 5.41) is 0. The summed E-state index contributed by atoms with van der Waals surface area (Å²) in [4.78, 5) is 2.60. The summed E-state index contributed by atoms with van der Waals surface area (Å²) in [7, 11) is 0. The van der Waals surface area contributed by atoms with Crippen LogP contribution in [0.4, 0.5) is 0 Å². The smallest absolute Gasteiger partial charge is 0.0233 e. The predicted molar refractivity (Wildman–Crippen MR) is 81.9 cm³/mol. The number of benzene rings is 1. The average molecular weight is 260 g/mol. The van der Waals surface area contributed by atoms with Crippen molar-refractivity contribution in [2.45, 2.75) is 52.6 Å². The van der Waals surface area contributed by atoms with Crippen LogP contribution in [-0.2, 0) is 13.1 Å². The van der Waals surface area contributed by atoms with Gasteiger partial charge in [-0.2, -0.15) is 0 Å². The number of nitrogens with zero attached hydrogens (tertiary/aromatic N) is 1. The minimum Gasteiger partial charge on any atom is -0.326 e. The first-order valence-electron chi connectivity index (χ1n) is 7.71. The van der Waals surface area contributed by atoms with Gasteiger partial charge in [-0.1, -0.05) is 51.0 Å². The third-order valence-corrected chi connectivity index (χ3v) is 5.05. The molecular formula is C17H28N2. The molecule has 2 heteroatoms. The molecule has 19 heavy (non-hydrogen) atoms. The van der Waals surface area contributed by atoms with E-state index in [0.717, 1.165) is 6.54 Å². The lowest BCUT2D eigenvalue weighted by molar-refractivity contribution is 0.0909. The van der Waals surface area contributed by atoms with Gasteiger partial charge in [0.15, 0.2) is 0 Å². The fraction of sp³-hybridized carbons (Fsp3) is 0.647. The summed E-state index contributed by atoms with van der Waals surface area (Å²) >= 11 is 0. The molecular weight excluding hydrogens is 232 g/mol. The third kappa shape index (κ3) is 3.58. The second-order valence-corrected chi connectivity index (χ2v) is 6.01. The van der Waals surface area contributed by atoms with Gasteiger partial charge in [0.1, 0.15) is 0 Å². The lowest BCUT2D eigenvalue weighted by Crippen LogP contribution is -2.39. The molecule has 1 saturated heterocycles. The SMILES string of the molecule is CCC1(CC)CCN(Cc2cccc(CN)c2)CC1. The summed E-state index contributed by atoms with van der Waals surface area (Å²) in [6.45, 7) is 8.91. The van der Waals surface area contributed by atoms with E-state index in [1.165, 1.54) is 49.9 Å². The normalized spacial score (nSPS) is 19.5. The van der Waals surface area contributed by atoms with Crippen molar-refractivity contribution in [2.75, 3.05) is 13.1 Å². The van der Waals surface area contributed by atoms with Crippen LogP contribution in [0, 0.1) is 5.41 Å². The number of rotatable bonds is 5. The topological polar surface area (TPSA) is 29.3 Å². The van der Waals surface area contributed by atoms with Crippen molar-refractivity contribution in [3.8, 4) is 0 Å². The van der Waals surface area contributed by atoms with E-state index in [9.17, 15) is 0 Å². The molecule has 106 valence electrons. The van der Waals surface area contributed by atoms with Crippen LogP contribution in [0.25, 0.3) is 0 Å². The standard InChI is InChI=1S/C17H28N2/c1-3-17(4-2)8-10-19(11-9-17)14-16-7-5-6-15(12-16)13-18/h5-7,12H,3-4,8-11,13-14,18H2,1-2H3. The summed E-state index contributed by atoms with van der Waals surface area (Å²) in [5.41, 5.74) is 8.98. The van der Waals surface area contributed by atoms with E-state index in [0.29, 0.717) is 12.0 Å². The monoisotopic (exact) mass is 260 g/mol. The highest BCUT2D eigenvalue weighted by Gasteiger charge is 2.30. The van der Waals surface area contributed by atoms with Gasteiger partial charge in [0.2, 0.25) is 0 Å². The molecule has 0 bridgehead atoms. The summed E-state index contributed by atoms with van der Waals surface area (Å²) in [6, 6.07) is 8.71. The Bertz CT molecular complexity index is 386. The molecule has 2 nitrogen and oxygen atoms in total. The van der Waals surface area contributed by atoms with E-state index in [-0.39, 0.29) is 0 Å². The van der Waals surface area contributed by atoms with Crippen LogP contribution in [-0.4, -0.2) is 18.0 Å². The first kappa shape index (κ1) is 14.5. The molecule has 0 aliphatic carbocycles. The number of piperidine rings is 1. The summed E-state index contributed by atoms with van der Waals surface area (Å²) in [5.74, 6) is 0. The second-order valence-electron chi connectivity index (χ2n) is 6.01. The van der Waals surface area contributed by atoms with Crippen LogP contribution < -0.4 is 5.73 Å². The van der Waals surface area contributed by atoms with Gasteiger partial charge in [-0.15, -0.1) is 0 Å². The lowest BCUT2D eigenvalue weighted by Gasteiger charge is -2.41. The lowest BCUT2D eigenvalue weighted by atomic mass is 9.74. The predicted octanol–water partition coefficient (Wildman–Crippen LogP) is 3.55. The molecule has 1 aliphatic heterocycles. The minimum absolute atomic E-state index is 0.621. The summed E-state index contributed by atoms with van der Waals surface area (Å²) < 4.78 is 0. The van der Waals surface area contributed by atoms with Gasteiger partial charge >= 0.3 is 0 Å². The molecule has 0 unspecified atom stereocenters. The molecule has 0 aromatic heterocycles. The zero-order valence-electron chi connectivity index (χ0n) is 12.5. The van der Waals surface area contributed by atoms with E-state index in [4.69, 9.17) is 5.73 Å². The van der Waals surface area contributed by atoms with Crippen LogP contribution in [0.2, 0.25) is 0 Å². The van der Waals surface area contributed by atoms with Crippen molar-refractivity contribution in [3.05, 3.63) is 35.4 Å². The Hall–Kier alpha value is -0.860. The Balaban J connectivity index is 1.91. The van der Waals surface area contributed by atoms with Crippen LogP contribution in [0.1, 0.15) is 50.7 Å². The molecule has 1 aromatic carbocycles. The van der Waals surface area contributed by atoms with Crippen molar-refractivity contribution < 1.29 is 0 Å². The molecule has 0 amide bonds. The van der Waals surface area contributed by atoms with Gasteiger partial charge in [-0.05, 0) is 42.5 Å². The van der Waals surface area contributed by atoms with E-state index >= 15 is 0 Å². The highest BCUT2D eigenvalue weighted by molar-refractivity contribution is 5.23. The number of likely N-dealkylation sites (tertiary alicyclic amines) is 1. The Labute approximate surface area is 118 Å². The maximum atomic E-state index is 5.71. The van der Waals surface area contributed by atoms with Gasteiger partial charge in [0, 0.05) is 13.1 Å². The maximum Gasteiger partial charge on any atom is 0.0233 e. The second kappa shape index (κ2) is 6.53. The average Bonchev–Trinajstić information content (AvgIpc) is 2.48. The quantitative estimate of drug-likeness (QED) is 0.877. The third-order valence-electron chi connectivity index (χ3n) is 5.05. The highest BCUT2D eigenvalue weighted by Crippen LogP contribution is 2.38. The van der Waals surface area contributed by atoms with Crippen LogP contribution >= 0.6 is 0 Å². The van der Waals surface area contributed by atoms with Crippen molar-refractivity contribution in [1.29, 1.82) is 0 Å². The fourth-order valence-electron chi connectivity index (χ4n) is 3.26. The van der Waals surface area contributed by atoms with Crippen molar-refractivity contribution >= 4 is 0 Å². The van der Waals surface area contributed by atoms with Gasteiger partial charge < -0.3 is 5.73 Å². The Morgan fingerprint density at radius 2 is 1.74 bits per heavy atom.